The van der Waals surface area contributed by atoms with Gasteiger partial charge >= 0.3 is 0 Å². The van der Waals surface area contributed by atoms with E-state index in [2.05, 4.69) is 31.1 Å². The number of amides is 1. The van der Waals surface area contributed by atoms with Crippen molar-refractivity contribution in [1.29, 1.82) is 0 Å². The zero-order valence-electron chi connectivity index (χ0n) is 12.0. The summed E-state index contributed by atoms with van der Waals surface area (Å²) in [5, 5.41) is 3.23. The molecule has 19 heavy (non-hydrogen) atoms. The average Bonchev–Trinajstić information content (AvgIpc) is 2.85. The van der Waals surface area contributed by atoms with Crippen LogP contribution in [0.4, 0.5) is 5.82 Å². The minimum atomic E-state index is 0.0664. The van der Waals surface area contributed by atoms with Crippen molar-refractivity contribution in [3.05, 3.63) is 23.9 Å². The Kier molecular flexibility index (Phi) is 4.40. The minimum absolute atomic E-state index is 0.0664. The van der Waals surface area contributed by atoms with Gasteiger partial charge in [0.25, 0.3) is 5.91 Å². The van der Waals surface area contributed by atoms with Crippen molar-refractivity contribution < 1.29 is 4.79 Å². The van der Waals surface area contributed by atoms with Gasteiger partial charge in [-0.1, -0.05) is 13.0 Å². The molecule has 1 amide bonds. The second kappa shape index (κ2) is 6.04. The van der Waals surface area contributed by atoms with Gasteiger partial charge in [0.1, 0.15) is 11.5 Å². The molecule has 1 aliphatic heterocycles. The Bertz CT molecular complexity index is 445. The third kappa shape index (κ3) is 3.25. The molecule has 0 spiro atoms. The fraction of sp³-hybridized carbons (Fsp3) is 0.600. The van der Waals surface area contributed by atoms with Gasteiger partial charge in [-0.25, -0.2) is 4.98 Å². The van der Waals surface area contributed by atoms with E-state index in [0.717, 1.165) is 31.6 Å². The van der Waals surface area contributed by atoms with Gasteiger partial charge in [-0.2, -0.15) is 0 Å². The molecule has 1 fully saturated rings. The second-order valence-corrected chi connectivity index (χ2v) is 5.41. The van der Waals surface area contributed by atoms with Crippen LogP contribution in [0.15, 0.2) is 18.2 Å². The number of carbonyl (C=O) groups excluding carboxylic acids is 1. The number of nitrogens with zero attached hydrogens (tertiary/aromatic N) is 2. The van der Waals surface area contributed by atoms with Crippen LogP contribution in [0.5, 0.6) is 0 Å². The maximum absolute atomic E-state index is 12.5. The standard InChI is InChI=1S/C15H23N3O/c1-4-12-7-6-10-18(12)15(19)13-8-5-9-14(17-13)16-11(2)3/h5,8-9,11-12H,4,6-7,10H2,1-3H3,(H,16,17). The van der Waals surface area contributed by atoms with E-state index in [-0.39, 0.29) is 5.91 Å². The van der Waals surface area contributed by atoms with Crippen molar-refractivity contribution >= 4 is 11.7 Å². The van der Waals surface area contributed by atoms with Crippen LogP contribution in [0.3, 0.4) is 0 Å². The van der Waals surface area contributed by atoms with Gasteiger partial charge < -0.3 is 10.2 Å². The summed E-state index contributed by atoms with van der Waals surface area (Å²) in [7, 11) is 0. The molecular weight excluding hydrogens is 238 g/mol. The van der Waals surface area contributed by atoms with Gasteiger partial charge in [-0.15, -0.1) is 0 Å². The first-order chi connectivity index (χ1) is 9.11. The number of hydrogen-bond donors (Lipinski definition) is 1. The van der Waals surface area contributed by atoms with E-state index in [1.165, 1.54) is 0 Å². The molecule has 2 rings (SSSR count). The van der Waals surface area contributed by atoms with Crippen molar-refractivity contribution in [3.8, 4) is 0 Å². The van der Waals surface area contributed by atoms with E-state index in [1.54, 1.807) is 6.07 Å². The van der Waals surface area contributed by atoms with Crippen LogP contribution in [0.2, 0.25) is 0 Å². The predicted molar refractivity (Wildman–Crippen MR) is 77.3 cm³/mol. The topological polar surface area (TPSA) is 45.2 Å². The molecule has 0 radical (unpaired) electrons. The first-order valence-electron chi connectivity index (χ1n) is 7.16. The average molecular weight is 261 g/mol. The molecule has 1 aromatic rings. The number of anilines is 1. The van der Waals surface area contributed by atoms with Gasteiger partial charge in [0, 0.05) is 18.6 Å². The summed E-state index contributed by atoms with van der Waals surface area (Å²) in [6.45, 7) is 7.12. The SMILES string of the molecule is CCC1CCCN1C(=O)c1cccc(NC(C)C)n1. The fourth-order valence-electron chi connectivity index (χ4n) is 2.60. The first-order valence-corrected chi connectivity index (χ1v) is 7.16. The molecule has 4 heteroatoms. The predicted octanol–water partition coefficient (Wildman–Crippen LogP) is 2.92. The molecule has 1 aromatic heterocycles. The second-order valence-electron chi connectivity index (χ2n) is 5.41. The van der Waals surface area contributed by atoms with E-state index in [1.807, 2.05) is 17.0 Å². The molecule has 4 nitrogen and oxygen atoms in total. The molecule has 1 aliphatic rings. The summed E-state index contributed by atoms with van der Waals surface area (Å²) in [6.07, 6.45) is 3.25. The number of likely N-dealkylation sites (tertiary alicyclic amines) is 1. The first kappa shape index (κ1) is 13.8. The number of rotatable bonds is 4. The monoisotopic (exact) mass is 261 g/mol. The molecule has 0 bridgehead atoms. The Labute approximate surface area is 115 Å². The molecular formula is C15H23N3O. The van der Waals surface area contributed by atoms with E-state index >= 15 is 0 Å². The summed E-state index contributed by atoms with van der Waals surface area (Å²) >= 11 is 0. The van der Waals surface area contributed by atoms with Crippen molar-refractivity contribution in [2.24, 2.45) is 0 Å². The molecule has 104 valence electrons. The Morgan fingerprint density at radius 1 is 1.53 bits per heavy atom. The van der Waals surface area contributed by atoms with E-state index in [9.17, 15) is 4.79 Å². The summed E-state index contributed by atoms with van der Waals surface area (Å²) in [5.74, 6) is 0.838. The van der Waals surface area contributed by atoms with Crippen LogP contribution in [0.1, 0.15) is 50.5 Å². The van der Waals surface area contributed by atoms with Crippen molar-refractivity contribution in [2.45, 2.75) is 52.1 Å². The zero-order chi connectivity index (χ0) is 13.8. The lowest BCUT2D eigenvalue weighted by molar-refractivity contribution is 0.0728. The Hall–Kier alpha value is -1.58. The van der Waals surface area contributed by atoms with E-state index < -0.39 is 0 Å². The van der Waals surface area contributed by atoms with Crippen LogP contribution in [0, 0.1) is 0 Å². The third-order valence-corrected chi connectivity index (χ3v) is 3.51. The Morgan fingerprint density at radius 2 is 2.32 bits per heavy atom. The lowest BCUT2D eigenvalue weighted by Gasteiger charge is -2.23. The molecule has 1 unspecified atom stereocenters. The van der Waals surface area contributed by atoms with Crippen LogP contribution < -0.4 is 5.32 Å². The number of aromatic nitrogens is 1. The molecule has 0 aliphatic carbocycles. The molecule has 0 saturated carbocycles. The number of pyridine rings is 1. The largest absolute Gasteiger partial charge is 0.368 e. The summed E-state index contributed by atoms with van der Waals surface area (Å²) < 4.78 is 0. The maximum Gasteiger partial charge on any atom is 0.272 e. The highest BCUT2D eigenvalue weighted by Gasteiger charge is 2.28. The van der Waals surface area contributed by atoms with Crippen LogP contribution in [-0.2, 0) is 0 Å². The third-order valence-electron chi connectivity index (χ3n) is 3.51. The summed E-state index contributed by atoms with van der Waals surface area (Å²) in [4.78, 5) is 18.9. The van der Waals surface area contributed by atoms with Gasteiger partial charge in [-0.3, -0.25) is 4.79 Å². The molecule has 0 aromatic carbocycles. The quantitative estimate of drug-likeness (QED) is 0.906. The van der Waals surface area contributed by atoms with E-state index in [4.69, 9.17) is 0 Å². The number of hydrogen-bond acceptors (Lipinski definition) is 3. The normalized spacial score (nSPS) is 18.9. The van der Waals surface area contributed by atoms with Crippen molar-refractivity contribution in [3.63, 3.8) is 0 Å². The highest BCUT2D eigenvalue weighted by atomic mass is 16.2. The highest BCUT2D eigenvalue weighted by molar-refractivity contribution is 5.93. The summed E-state index contributed by atoms with van der Waals surface area (Å²) in [5.41, 5.74) is 0.547. The molecule has 1 saturated heterocycles. The van der Waals surface area contributed by atoms with Crippen LogP contribution in [-0.4, -0.2) is 34.4 Å². The van der Waals surface area contributed by atoms with Crippen molar-refractivity contribution in [1.82, 2.24) is 9.88 Å². The maximum atomic E-state index is 12.5. The van der Waals surface area contributed by atoms with Gasteiger partial charge in [0.15, 0.2) is 0 Å². The van der Waals surface area contributed by atoms with Gasteiger partial charge in [-0.05, 0) is 45.2 Å². The van der Waals surface area contributed by atoms with Gasteiger partial charge in [0.2, 0.25) is 0 Å². The Morgan fingerprint density at radius 3 is 3.00 bits per heavy atom. The minimum Gasteiger partial charge on any atom is -0.368 e. The number of nitrogens with one attached hydrogen (secondary N) is 1. The van der Waals surface area contributed by atoms with Crippen LogP contribution in [0.25, 0.3) is 0 Å². The molecule has 1 atom stereocenters. The van der Waals surface area contributed by atoms with Gasteiger partial charge in [0.05, 0.1) is 0 Å². The highest BCUT2D eigenvalue weighted by Crippen LogP contribution is 2.22. The number of carbonyl (C=O) groups is 1. The van der Waals surface area contributed by atoms with Crippen molar-refractivity contribution in [2.75, 3.05) is 11.9 Å². The fourth-order valence-corrected chi connectivity index (χ4v) is 2.60. The smallest absolute Gasteiger partial charge is 0.272 e. The van der Waals surface area contributed by atoms with Crippen LogP contribution >= 0.6 is 0 Å². The lowest BCUT2D eigenvalue weighted by atomic mass is 10.1. The lowest BCUT2D eigenvalue weighted by Crippen LogP contribution is -2.35. The van der Waals surface area contributed by atoms with E-state index in [0.29, 0.717) is 17.8 Å². The Balaban J connectivity index is 2.14. The molecule has 2 heterocycles. The molecule has 1 N–H and O–H groups in total. The zero-order valence-corrected chi connectivity index (χ0v) is 12.0. The summed E-state index contributed by atoms with van der Waals surface area (Å²) in [6, 6.07) is 6.29.